The maximum absolute atomic E-state index is 6.31. The fourth-order valence-corrected chi connectivity index (χ4v) is 10.1. The highest BCUT2D eigenvalue weighted by molar-refractivity contribution is 5.97. The van der Waals surface area contributed by atoms with Crippen molar-refractivity contribution < 1.29 is 8.83 Å². The first-order valence-electron chi connectivity index (χ1n) is 21.0. The zero-order valence-corrected chi connectivity index (χ0v) is 33.4. The van der Waals surface area contributed by atoms with Crippen LogP contribution in [0.1, 0.15) is 22.3 Å². The molecule has 0 saturated heterocycles. The van der Waals surface area contributed by atoms with Gasteiger partial charge in [0, 0.05) is 16.8 Å². The average molecular weight is 794 g/mol. The molecule has 1 aliphatic carbocycles. The van der Waals surface area contributed by atoms with Crippen LogP contribution in [0.25, 0.3) is 78.5 Å². The van der Waals surface area contributed by atoms with Gasteiger partial charge in [-0.1, -0.05) is 133 Å². The first-order chi connectivity index (χ1) is 30.7. The van der Waals surface area contributed by atoms with Crippen LogP contribution in [0.2, 0.25) is 0 Å². The van der Waals surface area contributed by atoms with Crippen molar-refractivity contribution in [2.45, 2.75) is 5.41 Å². The summed E-state index contributed by atoms with van der Waals surface area (Å²) in [5.41, 5.74) is 19.8. The van der Waals surface area contributed by atoms with Gasteiger partial charge in [0.25, 0.3) is 0 Å². The van der Waals surface area contributed by atoms with Crippen LogP contribution in [0.4, 0.5) is 17.1 Å². The molecule has 290 valence electrons. The quantitative estimate of drug-likeness (QED) is 0.174. The molecule has 5 heteroatoms. The molecule has 0 fully saturated rings. The van der Waals surface area contributed by atoms with Crippen LogP contribution < -0.4 is 4.90 Å². The molecular weight excluding hydrogens is 759 g/mol. The summed E-state index contributed by atoms with van der Waals surface area (Å²) >= 11 is 0. The summed E-state index contributed by atoms with van der Waals surface area (Å²) < 4.78 is 12.6. The van der Waals surface area contributed by atoms with Crippen LogP contribution >= 0.6 is 0 Å². The Bertz CT molecular complexity index is 3360. The first-order valence-corrected chi connectivity index (χ1v) is 21.0. The van der Waals surface area contributed by atoms with Gasteiger partial charge in [-0.05, 0) is 134 Å². The number of aromatic nitrogens is 2. The first kappa shape index (κ1) is 34.6. The molecule has 2 aromatic heterocycles. The molecular formula is C57H35N3O2. The third-order valence-electron chi connectivity index (χ3n) is 12.7. The Morgan fingerprint density at radius 1 is 0.339 bits per heavy atom. The minimum atomic E-state index is -0.503. The molecule has 9 aromatic carbocycles. The largest absolute Gasteiger partial charge is 0.436 e. The molecule has 2 aliphatic rings. The molecule has 0 atom stereocenters. The van der Waals surface area contributed by atoms with Crippen molar-refractivity contribution in [2.75, 3.05) is 4.90 Å². The van der Waals surface area contributed by atoms with Crippen LogP contribution in [-0.4, -0.2) is 9.97 Å². The van der Waals surface area contributed by atoms with Crippen molar-refractivity contribution in [3.63, 3.8) is 0 Å². The third-order valence-corrected chi connectivity index (χ3v) is 12.7. The Morgan fingerprint density at radius 3 is 1.47 bits per heavy atom. The summed E-state index contributed by atoms with van der Waals surface area (Å²) in [7, 11) is 0. The number of para-hydroxylation sites is 7. The van der Waals surface area contributed by atoms with Crippen LogP contribution in [0, 0.1) is 0 Å². The third kappa shape index (κ3) is 5.09. The van der Waals surface area contributed by atoms with Crippen LogP contribution in [0.5, 0.6) is 0 Å². The van der Waals surface area contributed by atoms with Gasteiger partial charge < -0.3 is 13.7 Å². The average Bonchev–Trinajstić information content (AvgIpc) is 4.06. The van der Waals surface area contributed by atoms with E-state index in [0.29, 0.717) is 11.8 Å². The van der Waals surface area contributed by atoms with Crippen LogP contribution in [0.3, 0.4) is 0 Å². The van der Waals surface area contributed by atoms with E-state index in [2.05, 4.69) is 169 Å². The van der Waals surface area contributed by atoms with Crippen molar-refractivity contribution >= 4 is 39.3 Å². The molecule has 11 aromatic rings. The van der Waals surface area contributed by atoms with Crippen LogP contribution in [-0.2, 0) is 5.41 Å². The summed E-state index contributed by atoms with van der Waals surface area (Å²) in [4.78, 5) is 12.2. The van der Waals surface area contributed by atoms with Crippen molar-refractivity contribution in [1.29, 1.82) is 0 Å². The van der Waals surface area contributed by atoms with Gasteiger partial charge in [0.05, 0.1) is 16.8 Å². The molecule has 0 radical (unpaired) electrons. The summed E-state index contributed by atoms with van der Waals surface area (Å²) in [6, 6.07) is 75.5. The number of benzene rings is 9. The SMILES string of the molecule is c1ccc(N2c3ccccc3C3(c4ccccc4-c4cc(-c5cccc(-c6cc(-c7nc8ccccc8o7)cc(-c7nc8ccccc8o7)c6)c5)ccc43)c3ccccc32)cc1. The van der Waals surface area contributed by atoms with Gasteiger partial charge in [-0.15, -0.1) is 0 Å². The highest BCUT2D eigenvalue weighted by Crippen LogP contribution is 2.63. The second kappa shape index (κ2) is 13.4. The molecule has 0 amide bonds. The number of fused-ring (bicyclic) bond motifs is 11. The van der Waals surface area contributed by atoms with E-state index in [0.717, 1.165) is 61.3 Å². The number of hydrogen-bond acceptors (Lipinski definition) is 5. The number of anilines is 3. The number of rotatable bonds is 5. The molecule has 1 aliphatic heterocycles. The topological polar surface area (TPSA) is 55.3 Å². The van der Waals surface area contributed by atoms with Crippen molar-refractivity contribution in [1.82, 2.24) is 9.97 Å². The van der Waals surface area contributed by atoms with Gasteiger partial charge >= 0.3 is 0 Å². The molecule has 5 nitrogen and oxygen atoms in total. The van der Waals surface area contributed by atoms with E-state index in [4.69, 9.17) is 18.8 Å². The van der Waals surface area contributed by atoms with E-state index in [-0.39, 0.29) is 0 Å². The zero-order chi connectivity index (χ0) is 40.8. The standard InChI is InChI=1S/C57H35N3O2/c1-2-17-42(18-3-1)60-51-25-10-6-21-47(51)57(48-22-7-11-26-52(48)60)45-20-5-4-19-43(45)44-35-38(29-30-46(44)57)36-15-14-16-37(31-36)39-32-40(55-58-49-23-8-12-27-53(49)61-55)34-41(33-39)56-59-50-24-9-13-28-54(50)62-56/h1-35H. The lowest BCUT2D eigenvalue weighted by atomic mass is 9.64. The molecule has 0 unspecified atom stereocenters. The van der Waals surface area contributed by atoms with Gasteiger partial charge in [0.1, 0.15) is 11.0 Å². The Kier molecular flexibility index (Phi) is 7.45. The van der Waals surface area contributed by atoms with E-state index < -0.39 is 5.41 Å². The lowest BCUT2D eigenvalue weighted by Gasteiger charge is -2.45. The lowest BCUT2D eigenvalue weighted by molar-refractivity contribution is 0.617. The summed E-state index contributed by atoms with van der Waals surface area (Å²) in [6.07, 6.45) is 0. The lowest BCUT2D eigenvalue weighted by Crippen LogP contribution is -2.36. The smallest absolute Gasteiger partial charge is 0.227 e. The predicted molar refractivity (Wildman–Crippen MR) is 249 cm³/mol. The summed E-state index contributed by atoms with van der Waals surface area (Å²) in [5, 5.41) is 0. The Balaban J connectivity index is 0.968. The Labute approximate surface area is 357 Å². The van der Waals surface area contributed by atoms with Crippen molar-refractivity contribution in [3.05, 3.63) is 235 Å². The van der Waals surface area contributed by atoms with E-state index in [9.17, 15) is 0 Å². The van der Waals surface area contributed by atoms with Gasteiger partial charge in [-0.25, -0.2) is 9.97 Å². The van der Waals surface area contributed by atoms with Crippen LogP contribution in [0.15, 0.2) is 221 Å². The Hall–Kier alpha value is -8.28. The van der Waals surface area contributed by atoms with E-state index in [1.165, 1.54) is 44.8 Å². The fraction of sp³-hybridized carbons (Fsp3) is 0.0175. The second-order valence-electron chi connectivity index (χ2n) is 16.1. The van der Waals surface area contributed by atoms with Crippen molar-refractivity contribution in [3.8, 4) is 56.3 Å². The summed E-state index contributed by atoms with van der Waals surface area (Å²) in [5.74, 6) is 1.09. The number of oxazole rings is 2. The number of hydrogen-bond donors (Lipinski definition) is 0. The maximum Gasteiger partial charge on any atom is 0.227 e. The zero-order valence-electron chi connectivity index (χ0n) is 33.4. The number of nitrogens with zero attached hydrogens (tertiary/aromatic N) is 3. The van der Waals surface area contributed by atoms with Gasteiger partial charge in [-0.3, -0.25) is 0 Å². The molecule has 0 saturated carbocycles. The fourth-order valence-electron chi connectivity index (χ4n) is 10.1. The highest BCUT2D eigenvalue weighted by Gasteiger charge is 2.51. The molecule has 1 spiro atoms. The van der Waals surface area contributed by atoms with Gasteiger partial charge in [0.15, 0.2) is 11.2 Å². The minimum Gasteiger partial charge on any atom is -0.436 e. The van der Waals surface area contributed by atoms with E-state index >= 15 is 0 Å². The molecule has 13 rings (SSSR count). The predicted octanol–water partition coefficient (Wildman–Crippen LogP) is 14.8. The van der Waals surface area contributed by atoms with Gasteiger partial charge in [-0.2, -0.15) is 0 Å². The normalized spacial score (nSPS) is 13.3. The summed E-state index contributed by atoms with van der Waals surface area (Å²) in [6.45, 7) is 0. The van der Waals surface area contributed by atoms with Crippen molar-refractivity contribution in [2.24, 2.45) is 0 Å². The maximum atomic E-state index is 6.31. The van der Waals surface area contributed by atoms with E-state index in [1.54, 1.807) is 0 Å². The monoisotopic (exact) mass is 793 g/mol. The van der Waals surface area contributed by atoms with E-state index in [1.807, 2.05) is 48.5 Å². The molecule has 62 heavy (non-hydrogen) atoms. The molecule has 0 bridgehead atoms. The second-order valence-corrected chi connectivity index (χ2v) is 16.1. The highest BCUT2D eigenvalue weighted by atomic mass is 16.4. The molecule has 0 N–H and O–H groups in total. The van der Waals surface area contributed by atoms with Gasteiger partial charge in [0.2, 0.25) is 11.8 Å². The molecule has 3 heterocycles. The minimum absolute atomic E-state index is 0.503. The Morgan fingerprint density at radius 2 is 0.823 bits per heavy atom.